The van der Waals surface area contributed by atoms with Crippen LogP contribution in [0.5, 0.6) is 0 Å². The average molecular weight is 293 g/mol. The number of hydrogen-bond donors (Lipinski definition) is 1. The fourth-order valence-electron chi connectivity index (χ4n) is 1.87. The van der Waals surface area contributed by atoms with E-state index in [1.54, 1.807) is 6.92 Å². The van der Waals surface area contributed by atoms with E-state index in [9.17, 15) is 4.79 Å². The zero-order chi connectivity index (χ0) is 12.4. The van der Waals surface area contributed by atoms with Gasteiger partial charge in [0.05, 0.1) is 0 Å². The summed E-state index contributed by atoms with van der Waals surface area (Å²) < 4.78 is 4.16. The van der Waals surface area contributed by atoms with Gasteiger partial charge in [-0.05, 0) is 13.8 Å². The third-order valence-electron chi connectivity index (χ3n) is 3.01. The molecule has 1 aromatic rings. The van der Waals surface area contributed by atoms with Crippen LogP contribution in [0.25, 0.3) is 0 Å². The van der Waals surface area contributed by atoms with Crippen LogP contribution in [0.4, 0.5) is 5.13 Å². The van der Waals surface area contributed by atoms with Gasteiger partial charge in [-0.1, -0.05) is 0 Å². The summed E-state index contributed by atoms with van der Waals surface area (Å²) >= 11 is 1.40. The smallest absolute Gasteiger partial charge is 0.320 e. The molecule has 18 heavy (non-hydrogen) atoms. The molecule has 0 saturated carbocycles. The van der Waals surface area contributed by atoms with E-state index in [4.69, 9.17) is 5.11 Å². The number of aliphatic carboxylic acids is 1. The molecule has 1 fully saturated rings. The highest BCUT2D eigenvalue weighted by Gasteiger charge is 2.26. The van der Waals surface area contributed by atoms with Crippen LogP contribution in [0.15, 0.2) is 0 Å². The Morgan fingerprint density at radius 3 is 2.44 bits per heavy atom. The van der Waals surface area contributed by atoms with Crippen LogP contribution in [0, 0.1) is 6.92 Å². The minimum atomic E-state index is -0.759. The van der Waals surface area contributed by atoms with Crippen LogP contribution in [0.3, 0.4) is 0 Å². The van der Waals surface area contributed by atoms with Crippen molar-refractivity contribution in [3.05, 3.63) is 5.82 Å². The fraction of sp³-hybridized carbons (Fsp3) is 0.700. The Bertz CT molecular complexity index is 406. The van der Waals surface area contributed by atoms with Gasteiger partial charge in [0.25, 0.3) is 0 Å². The van der Waals surface area contributed by atoms with Gasteiger partial charge < -0.3 is 10.0 Å². The van der Waals surface area contributed by atoms with Crippen molar-refractivity contribution in [2.75, 3.05) is 31.1 Å². The molecule has 1 N–H and O–H groups in total. The van der Waals surface area contributed by atoms with E-state index >= 15 is 0 Å². The van der Waals surface area contributed by atoms with Crippen molar-refractivity contribution in [2.24, 2.45) is 0 Å². The molecule has 0 radical (unpaired) electrons. The molecule has 1 unspecified atom stereocenters. The van der Waals surface area contributed by atoms with Crippen molar-refractivity contribution >= 4 is 35.0 Å². The lowest BCUT2D eigenvalue weighted by atomic mass is 10.2. The summed E-state index contributed by atoms with van der Waals surface area (Å²) in [6.45, 7) is 6.74. The minimum absolute atomic E-state index is 0. The van der Waals surface area contributed by atoms with Crippen molar-refractivity contribution in [1.29, 1.82) is 0 Å². The molecule has 0 amide bonds. The van der Waals surface area contributed by atoms with Crippen molar-refractivity contribution in [3.63, 3.8) is 0 Å². The highest BCUT2D eigenvalue weighted by atomic mass is 35.5. The molecule has 0 aromatic carbocycles. The zero-order valence-electron chi connectivity index (χ0n) is 10.4. The summed E-state index contributed by atoms with van der Waals surface area (Å²) in [5.41, 5.74) is 0. The second-order valence-corrected chi connectivity index (χ2v) is 4.89. The van der Waals surface area contributed by atoms with Gasteiger partial charge in [-0.2, -0.15) is 4.37 Å². The molecule has 1 aliphatic rings. The highest BCUT2D eigenvalue weighted by molar-refractivity contribution is 7.09. The number of halogens is 1. The van der Waals surface area contributed by atoms with Gasteiger partial charge in [-0.3, -0.25) is 9.69 Å². The minimum Gasteiger partial charge on any atom is -0.480 e. The normalized spacial score (nSPS) is 18.2. The number of aromatic nitrogens is 2. The molecule has 2 rings (SSSR count). The number of carboxylic acid groups (broad SMARTS) is 1. The Hall–Kier alpha value is -0.920. The predicted octanol–water partition coefficient (Wildman–Crippen LogP) is 0.863. The van der Waals surface area contributed by atoms with Crippen LogP contribution in [-0.4, -0.2) is 57.6 Å². The number of anilines is 1. The van der Waals surface area contributed by atoms with E-state index in [0.29, 0.717) is 0 Å². The van der Waals surface area contributed by atoms with Gasteiger partial charge in [-0.25, -0.2) is 4.98 Å². The maximum atomic E-state index is 10.9. The molecule has 1 aromatic heterocycles. The molecule has 6 nitrogen and oxygen atoms in total. The Morgan fingerprint density at radius 1 is 1.39 bits per heavy atom. The molecule has 1 saturated heterocycles. The summed E-state index contributed by atoms with van der Waals surface area (Å²) in [6, 6.07) is -0.409. The zero-order valence-corrected chi connectivity index (χ0v) is 12.0. The summed E-state index contributed by atoms with van der Waals surface area (Å²) in [6.07, 6.45) is 0. The predicted molar refractivity (Wildman–Crippen MR) is 72.8 cm³/mol. The van der Waals surface area contributed by atoms with E-state index in [0.717, 1.165) is 37.1 Å². The van der Waals surface area contributed by atoms with Crippen LogP contribution >= 0.6 is 23.9 Å². The Kier molecular flexibility index (Phi) is 5.30. The largest absolute Gasteiger partial charge is 0.480 e. The SMILES string of the molecule is Cc1nsc(N2CCN(C(C)C(=O)O)CC2)n1.Cl. The maximum Gasteiger partial charge on any atom is 0.320 e. The molecular weight excluding hydrogens is 276 g/mol. The molecule has 8 heteroatoms. The molecule has 2 heterocycles. The summed E-state index contributed by atoms with van der Waals surface area (Å²) in [5, 5.41) is 9.88. The third-order valence-corrected chi connectivity index (χ3v) is 3.88. The molecule has 102 valence electrons. The fourth-order valence-corrected chi connectivity index (χ4v) is 2.60. The van der Waals surface area contributed by atoms with E-state index in [2.05, 4.69) is 14.3 Å². The number of rotatable bonds is 3. The number of carboxylic acids is 1. The Balaban J connectivity index is 0.00000162. The lowest BCUT2D eigenvalue weighted by Gasteiger charge is -2.36. The first-order chi connectivity index (χ1) is 8.08. The van der Waals surface area contributed by atoms with Crippen molar-refractivity contribution in [2.45, 2.75) is 19.9 Å². The van der Waals surface area contributed by atoms with Crippen molar-refractivity contribution < 1.29 is 9.90 Å². The Morgan fingerprint density at radius 2 is 2.00 bits per heavy atom. The standard InChI is InChI=1S/C10H16N4O2S.ClH/c1-7(9(15)16)13-3-5-14(6-4-13)10-11-8(2)12-17-10;/h7H,3-6H2,1-2H3,(H,15,16);1H. The van der Waals surface area contributed by atoms with Gasteiger partial charge in [0, 0.05) is 37.7 Å². The quantitative estimate of drug-likeness (QED) is 0.891. The topological polar surface area (TPSA) is 69.6 Å². The Labute approximate surface area is 116 Å². The third kappa shape index (κ3) is 3.30. The monoisotopic (exact) mass is 292 g/mol. The van der Waals surface area contributed by atoms with Crippen LogP contribution < -0.4 is 4.90 Å². The second kappa shape index (κ2) is 6.31. The van der Waals surface area contributed by atoms with E-state index in [1.165, 1.54) is 11.5 Å². The lowest BCUT2D eigenvalue weighted by molar-refractivity contribution is -0.142. The van der Waals surface area contributed by atoms with Gasteiger partial charge >= 0.3 is 5.97 Å². The average Bonchev–Trinajstić information content (AvgIpc) is 2.75. The highest BCUT2D eigenvalue weighted by Crippen LogP contribution is 2.19. The summed E-state index contributed by atoms with van der Waals surface area (Å²) in [7, 11) is 0. The number of nitrogens with zero attached hydrogens (tertiary/aromatic N) is 4. The molecule has 0 aliphatic carbocycles. The maximum absolute atomic E-state index is 10.9. The lowest BCUT2D eigenvalue weighted by Crippen LogP contribution is -2.51. The first-order valence-electron chi connectivity index (χ1n) is 5.60. The molecule has 1 aliphatic heterocycles. The van der Waals surface area contributed by atoms with Crippen LogP contribution in [0.2, 0.25) is 0 Å². The molecule has 1 atom stereocenters. The van der Waals surface area contributed by atoms with E-state index in [-0.39, 0.29) is 12.4 Å². The van der Waals surface area contributed by atoms with Gasteiger partial charge in [0.1, 0.15) is 11.9 Å². The van der Waals surface area contributed by atoms with Gasteiger partial charge in [0.15, 0.2) is 0 Å². The van der Waals surface area contributed by atoms with Gasteiger partial charge in [0.2, 0.25) is 5.13 Å². The summed E-state index contributed by atoms with van der Waals surface area (Å²) in [5.74, 6) is 0.0385. The number of piperazine rings is 1. The van der Waals surface area contributed by atoms with Crippen molar-refractivity contribution in [1.82, 2.24) is 14.3 Å². The molecule has 0 spiro atoms. The molecule has 0 bridgehead atoms. The number of carbonyl (C=O) groups is 1. The van der Waals surface area contributed by atoms with Crippen LogP contribution in [-0.2, 0) is 4.79 Å². The summed E-state index contributed by atoms with van der Waals surface area (Å²) in [4.78, 5) is 19.4. The van der Waals surface area contributed by atoms with Crippen molar-refractivity contribution in [3.8, 4) is 0 Å². The first kappa shape index (κ1) is 15.1. The number of aryl methyl sites for hydroxylation is 1. The van der Waals surface area contributed by atoms with E-state index in [1.807, 2.05) is 11.8 Å². The molecular formula is C10H17ClN4O2S. The van der Waals surface area contributed by atoms with Crippen LogP contribution in [0.1, 0.15) is 12.7 Å². The first-order valence-corrected chi connectivity index (χ1v) is 6.37. The number of hydrogen-bond acceptors (Lipinski definition) is 6. The second-order valence-electron chi connectivity index (χ2n) is 4.16. The van der Waals surface area contributed by atoms with E-state index < -0.39 is 12.0 Å². The van der Waals surface area contributed by atoms with Gasteiger partial charge in [-0.15, -0.1) is 12.4 Å².